The fraction of sp³-hybridized carbons (Fsp3) is 0.238. The average molecular weight is 419 g/mol. The lowest BCUT2D eigenvalue weighted by Gasteiger charge is -2.14. The largest absolute Gasteiger partial charge is 0.490 e. The van der Waals surface area contributed by atoms with E-state index < -0.39 is 5.91 Å². The van der Waals surface area contributed by atoms with Crippen LogP contribution in [0.15, 0.2) is 42.0 Å². The molecule has 0 saturated carbocycles. The van der Waals surface area contributed by atoms with E-state index >= 15 is 0 Å². The van der Waals surface area contributed by atoms with Gasteiger partial charge >= 0.3 is 0 Å². The van der Waals surface area contributed by atoms with Crippen molar-refractivity contribution in [2.75, 3.05) is 18.5 Å². The number of para-hydroxylation sites is 1. The standard InChI is InChI=1S/C21H20Cl2N2O3/c1-3-10-28-20-14(6-5-7-19(20)27-4-2)11-15(13-24)21(26)25-18-9-8-16(22)12-17(18)23/h5-9,11-12H,3-4,10H2,1-2H3,(H,25,26)/b15-11+. The predicted octanol–water partition coefficient (Wildman–Crippen LogP) is 5.73. The molecule has 5 nitrogen and oxygen atoms in total. The van der Waals surface area contributed by atoms with Crippen LogP contribution in [0.4, 0.5) is 5.69 Å². The van der Waals surface area contributed by atoms with Gasteiger partial charge in [0.15, 0.2) is 11.5 Å². The number of hydrogen-bond donors (Lipinski definition) is 1. The van der Waals surface area contributed by atoms with Crippen molar-refractivity contribution in [1.82, 2.24) is 0 Å². The lowest BCUT2D eigenvalue weighted by molar-refractivity contribution is -0.112. The van der Waals surface area contributed by atoms with E-state index in [0.29, 0.717) is 41.0 Å². The third-order valence-electron chi connectivity index (χ3n) is 3.60. The van der Waals surface area contributed by atoms with Crippen LogP contribution in [0.3, 0.4) is 0 Å². The molecule has 0 saturated heterocycles. The number of halogens is 2. The van der Waals surface area contributed by atoms with E-state index in [2.05, 4.69) is 5.32 Å². The van der Waals surface area contributed by atoms with Gasteiger partial charge in [0.05, 0.1) is 23.9 Å². The Kier molecular flexibility index (Phi) is 8.19. The molecule has 0 fully saturated rings. The first-order chi connectivity index (χ1) is 13.5. The van der Waals surface area contributed by atoms with Gasteiger partial charge in [-0.2, -0.15) is 5.26 Å². The summed E-state index contributed by atoms with van der Waals surface area (Å²) in [7, 11) is 0. The molecule has 0 aliphatic heterocycles. The molecule has 0 aliphatic rings. The number of nitriles is 1. The summed E-state index contributed by atoms with van der Waals surface area (Å²) in [6, 6.07) is 11.9. The topological polar surface area (TPSA) is 71.3 Å². The quantitative estimate of drug-likeness (QED) is 0.438. The number of nitrogens with zero attached hydrogens (tertiary/aromatic N) is 1. The summed E-state index contributed by atoms with van der Waals surface area (Å²) in [5.41, 5.74) is 0.844. The van der Waals surface area contributed by atoms with E-state index in [4.69, 9.17) is 32.7 Å². The molecule has 0 aliphatic carbocycles. The Hall–Kier alpha value is -2.68. The number of hydrogen-bond acceptors (Lipinski definition) is 4. The van der Waals surface area contributed by atoms with E-state index in [9.17, 15) is 10.1 Å². The minimum Gasteiger partial charge on any atom is -0.490 e. The molecule has 0 heterocycles. The first-order valence-corrected chi connectivity index (χ1v) is 9.52. The van der Waals surface area contributed by atoms with Crippen molar-refractivity contribution in [2.24, 2.45) is 0 Å². The maximum atomic E-state index is 12.6. The van der Waals surface area contributed by atoms with Gasteiger partial charge in [-0.3, -0.25) is 4.79 Å². The molecule has 1 amide bonds. The van der Waals surface area contributed by atoms with Gasteiger partial charge in [-0.05, 0) is 43.7 Å². The van der Waals surface area contributed by atoms with E-state index in [1.54, 1.807) is 30.3 Å². The van der Waals surface area contributed by atoms with Gasteiger partial charge in [0.25, 0.3) is 5.91 Å². The van der Waals surface area contributed by atoms with Crippen molar-refractivity contribution < 1.29 is 14.3 Å². The van der Waals surface area contributed by atoms with Crippen LogP contribution < -0.4 is 14.8 Å². The maximum absolute atomic E-state index is 12.6. The Morgan fingerprint density at radius 1 is 1.21 bits per heavy atom. The van der Waals surface area contributed by atoms with Crippen LogP contribution in [0.25, 0.3) is 6.08 Å². The van der Waals surface area contributed by atoms with Crippen LogP contribution in [0.5, 0.6) is 11.5 Å². The number of rotatable bonds is 8. The minimum atomic E-state index is -0.588. The first kappa shape index (κ1) is 21.6. The number of carbonyl (C=O) groups is 1. The van der Waals surface area contributed by atoms with Gasteiger partial charge in [0.1, 0.15) is 11.6 Å². The predicted molar refractivity (Wildman–Crippen MR) is 112 cm³/mol. The molecular formula is C21H20Cl2N2O3. The molecule has 0 aromatic heterocycles. The summed E-state index contributed by atoms with van der Waals surface area (Å²) in [6.07, 6.45) is 2.27. The van der Waals surface area contributed by atoms with Crippen molar-refractivity contribution in [3.05, 3.63) is 57.6 Å². The molecule has 2 rings (SSSR count). The molecular weight excluding hydrogens is 399 g/mol. The lowest BCUT2D eigenvalue weighted by Crippen LogP contribution is -2.14. The zero-order chi connectivity index (χ0) is 20.5. The van der Waals surface area contributed by atoms with Gasteiger partial charge in [-0.15, -0.1) is 0 Å². The van der Waals surface area contributed by atoms with Crippen LogP contribution in [0, 0.1) is 11.3 Å². The van der Waals surface area contributed by atoms with Crippen LogP contribution in [-0.4, -0.2) is 19.1 Å². The molecule has 1 N–H and O–H groups in total. The summed E-state index contributed by atoms with van der Waals surface area (Å²) in [4.78, 5) is 12.6. The highest BCUT2D eigenvalue weighted by atomic mass is 35.5. The lowest BCUT2D eigenvalue weighted by atomic mass is 10.1. The van der Waals surface area contributed by atoms with Crippen molar-refractivity contribution in [3.8, 4) is 17.6 Å². The third kappa shape index (κ3) is 5.66. The highest BCUT2D eigenvalue weighted by Crippen LogP contribution is 2.33. The maximum Gasteiger partial charge on any atom is 0.266 e. The third-order valence-corrected chi connectivity index (χ3v) is 4.15. The average Bonchev–Trinajstić information content (AvgIpc) is 2.67. The second kappa shape index (κ2) is 10.6. The summed E-state index contributed by atoms with van der Waals surface area (Å²) in [6.45, 7) is 4.81. The van der Waals surface area contributed by atoms with E-state index in [0.717, 1.165) is 6.42 Å². The first-order valence-electron chi connectivity index (χ1n) is 8.76. The molecule has 2 aromatic carbocycles. The Balaban J connectivity index is 2.36. The molecule has 0 spiro atoms. The van der Waals surface area contributed by atoms with Crippen LogP contribution in [0.1, 0.15) is 25.8 Å². The second-order valence-electron chi connectivity index (χ2n) is 5.70. The Bertz CT molecular complexity index is 920. The van der Waals surface area contributed by atoms with Crippen LogP contribution >= 0.6 is 23.2 Å². The molecule has 0 atom stereocenters. The molecule has 0 radical (unpaired) electrons. The number of anilines is 1. The monoisotopic (exact) mass is 418 g/mol. The van der Waals surface area contributed by atoms with Crippen molar-refractivity contribution in [1.29, 1.82) is 5.26 Å². The highest BCUT2D eigenvalue weighted by molar-refractivity contribution is 6.36. The normalized spacial score (nSPS) is 10.9. The fourth-order valence-corrected chi connectivity index (χ4v) is 2.81. The Morgan fingerprint density at radius 3 is 2.64 bits per heavy atom. The second-order valence-corrected chi connectivity index (χ2v) is 6.55. The van der Waals surface area contributed by atoms with E-state index in [-0.39, 0.29) is 10.6 Å². The van der Waals surface area contributed by atoms with Gasteiger partial charge in [0.2, 0.25) is 0 Å². The zero-order valence-corrected chi connectivity index (χ0v) is 17.1. The number of amides is 1. The van der Waals surface area contributed by atoms with Crippen molar-refractivity contribution in [3.63, 3.8) is 0 Å². The van der Waals surface area contributed by atoms with Crippen LogP contribution in [-0.2, 0) is 4.79 Å². The Morgan fingerprint density at radius 2 is 2.00 bits per heavy atom. The van der Waals surface area contributed by atoms with Crippen molar-refractivity contribution in [2.45, 2.75) is 20.3 Å². The summed E-state index contributed by atoms with van der Waals surface area (Å²) in [5.74, 6) is 0.467. The molecule has 7 heteroatoms. The summed E-state index contributed by atoms with van der Waals surface area (Å²) in [5, 5.41) is 12.8. The van der Waals surface area contributed by atoms with Gasteiger partial charge < -0.3 is 14.8 Å². The number of ether oxygens (including phenoxy) is 2. The molecule has 2 aromatic rings. The molecule has 146 valence electrons. The number of nitrogens with one attached hydrogen (secondary N) is 1. The van der Waals surface area contributed by atoms with Gasteiger partial charge in [-0.1, -0.05) is 42.3 Å². The smallest absolute Gasteiger partial charge is 0.266 e. The Labute approximate surface area is 174 Å². The van der Waals surface area contributed by atoms with E-state index in [1.165, 1.54) is 12.1 Å². The van der Waals surface area contributed by atoms with E-state index in [1.807, 2.05) is 19.9 Å². The van der Waals surface area contributed by atoms with Crippen molar-refractivity contribution >= 4 is 40.9 Å². The van der Waals surface area contributed by atoms with Crippen LogP contribution in [0.2, 0.25) is 10.0 Å². The molecule has 0 bridgehead atoms. The number of carbonyl (C=O) groups excluding carboxylic acids is 1. The minimum absolute atomic E-state index is 0.0963. The SMILES string of the molecule is CCCOc1c(/C=C(\C#N)C(=O)Nc2ccc(Cl)cc2Cl)cccc1OCC. The fourth-order valence-electron chi connectivity index (χ4n) is 2.36. The van der Waals surface area contributed by atoms with Gasteiger partial charge in [0, 0.05) is 10.6 Å². The molecule has 0 unspecified atom stereocenters. The zero-order valence-electron chi connectivity index (χ0n) is 15.6. The summed E-state index contributed by atoms with van der Waals surface area (Å²) >= 11 is 11.9. The highest BCUT2D eigenvalue weighted by Gasteiger charge is 2.15. The number of benzene rings is 2. The molecule has 28 heavy (non-hydrogen) atoms. The van der Waals surface area contributed by atoms with Gasteiger partial charge in [-0.25, -0.2) is 0 Å². The summed E-state index contributed by atoms with van der Waals surface area (Å²) < 4.78 is 11.4.